The molecular formula is C18H27Cl2NO3Si. The number of carbonyl (C=O) groups is 1. The first-order chi connectivity index (χ1) is 11.5. The fourth-order valence-corrected chi connectivity index (χ4v) is 3.72. The summed E-state index contributed by atoms with van der Waals surface area (Å²) in [5, 5.41) is 1.10. The number of rotatable bonds is 5. The summed E-state index contributed by atoms with van der Waals surface area (Å²) in [6, 6.07) is 5.23. The molecule has 7 heteroatoms. The van der Waals surface area contributed by atoms with Gasteiger partial charge in [-0.25, -0.2) is 0 Å². The molecule has 1 heterocycles. The molecule has 1 aliphatic heterocycles. The van der Waals surface area contributed by atoms with E-state index in [1.165, 1.54) is 0 Å². The number of hydrogen-bond donors (Lipinski definition) is 0. The van der Waals surface area contributed by atoms with E-state index in [4.69, 9.17) is 32.4 Å². The maximum Gasteiger partial charge on any atom is 0.253 e. The number of benzene rings is 1. The first kappa shape index (κ1) is 20.7. The number of anilines is 1. The average molecular weight is 404 g/mol. The van der Waals surface area contributed by atoms with Crippen LogP contribution in [-0.2, 0) is 14.0 Å². The Kier molecular flexibility index (Phi) is 6.60. The topological polar surface area (TPSA) is 38.8 Å². The molecule has 0 unspecified atom stereocenters. The van der Waals surface area contributed by atoms with Gasteiger partial charge in [0.1, 0.15) is 6.61 Å². The Balaban J connectivity index is 1.96. The largest absolute Gasteiger partial charge is 0.417 e. The van der Waals surface area contributed by atoms with Crippen LogP contribution in [0.25, 0.3) is 0 Å². The van der Waals surface area contributed by atoms with Crippen LogP contribution in [0.15, 0.2) is 18.2 Å². The van der Waals surface area contributed by atoms with Gasteiger partial charge in [0.15, 0.2) is 8.32 Å². The van der Waals surface area contributed by atoms with Gasteiger partial charge < -0.3 is 14.1 Å². The molecule has 0 aliphatic carbocycles. The van der Waals surface area contributed by atoms with Gasteiger partial charge in [-0.3, -0.25) is 4.79 Å². The summed E-state index contributed by atoms with van der Waals surface area (Å²) in [5.41, 5.74) is 0.748. The molecule has 25 heavy (non-hydrogen) atoms. The molecule has 4 nitrogen and oxygen atoms in total. The van der Waals surface area contributed by atoms with Crippen LogP contribution in [0.3, 0.4) is 0 Å². The minimum Gasteiger partial charge on any atom is -0.417 e. The number of carbonyl (C=O) groups excluding carboxylic acids is 1. The van der Waals surface area contributed by atoms with E-state index in [9.17, 15) is 4.79 Å². The lowest BCUT2D eigenvalue weighted by Crippen LogP contribution is -2.48. The van der Waals surface area contributed by atoms with Crippen molar-refractivity contribution in [2.24, 2.45) is 0 Å². The smallest absolute Gasteiger partial charge is 0.253 e. The van der Waals surface area contributed by atoms with Crippen LogP contribution in [0.2, 0.25) is 28.2 Å². The highest BCUT2D eigenvalue weighted by molar-refractivity contribution is 6.74. The summed E-state index contributed by atoms with van der Waals surface area (Å²) in [6.45, 7) is 12.4. The van der Waals surface area contributed by atoms with E-state index in [1.807, 2.05) is 0 Å². The predicted octanol–water partition coefficient (Wildman–Crippen LogP) is 5.14. The van der Waals surface area contributed by atoms with E-state index in [2.05, 4.69) is 33.9 Å². The second-order valence-electron chi connectivity index (χ2n) is 7.93. The normalized spacial score (nSPS) is 19.4. The van der Waals surface area contributed by atoms with Gasteiger partial charge in [-0.05, 0) is 42.8 Å². The van der Waals surface area contributed by atoms with E-state index in [0.29, 0.717) is 23.2 Å². The zero-order chi connectivity index (χ0) is 18.8. The summed E-state index contributed by atoms with van der Waals surface area (Å²) in [7, 11) is -1.77. The van der Waals surface area contributed by atoms with Crippen molar-refractivity contribution in [3.63, 3.8) is 0 Å². The maximum absolute atomic E-state index is 12.2. The van der Waals surface area contributed by atoms with Crippen molar-refractivity contribution in [2.75, 3.05) is 24.7 Å². The molecule has 1 aliphatic rings. The van der Waals surface area contributed by atoms with E-state index < -0.39 is 8.32 Å². The molecule has 1 amide bonds. The van der Waals surface area contributed by atoms with Gasteiger partial charge in [-0.15, -0.1) is 0 Å². The zero-order valence-corrected chi connectivity index (χ0v) is 18.1. The summed E-state index contributed by atoms with van der Waals surface area (Å²) in [6.07, 6.45) is 0.717. The van der Waals surface area contributed by atoms with Gasteiger partial charge in [-0.2, -0.15) is 0 Å². The quantitative estimate of drug-likeness (QED) is 0.638. The molecule has 1 aromatic rings. The lowest BCUT2D eigenvalue weighted by molar-refractivity contribution is -0.129. The van der Waals surface area contributed by atoms with Crippen molar-refractivity contribution in [2.45, 2.75) is 51.4 Å². The van der Waals surface area contributed by atoms with Gasteiger partial charge in [0.25, 0.3) is 5.91 Å². The molecule has 0 radical (unpaired) electrons. The molecule has 2 rings (SSSR count). The minimum absolute atomic E-state index is 0.0445. The molecule has 0 bridgehead atoms. The van der Waals surface area contributed by atoms with Gasteiger partial charge in [-0.1, -0.05) is 44.0 Å². The Bertz CT molecular complexity index is 631. The monoisotopic (exact) mass is 403 g/mol. The molecule has 140 valence electrons. The third-order valence-electron chi connectivity index (χ3n) is 5.05. The summed E-state index contributed by atoms with van der Waals surface area (Å²) in [5.74, 6) is -0.0695. The van der Waals surface area contributed by atoms with Gasteiger partial charge >= 0.3 is 0 Å². The third-order valence-corrected chi connectivity index (χ3v) is 10.3. The Morgan fingerprint density at radius 1 is 1.28 bits per heavy atom. The van der Waals surface area contributed by atoms with Crippen molar-refractivity contribution in [3.8, 4) is 0 Å². The van der Waals surface area contributed by atoms with Crippen molar-refractivity contribution in [1.82, 2.24) is 0 Å². The van der Waals surface area contributed by atoms with Crippen LogP contribution in [-0.4, -0.2) is 40.1 Å². The zero-order valence-electron chi connectivity index (χ0n) is 15.6. The van der Waals surface area contributed by atoms with Crippen LogP contribution in [0.4, 0.5) is 5.69 Å². The van der Waals surface area contributed by atoms with Gasteiger partial charge in [0.05, 0.1) is 22.7 Å². The number of halogens is 2. The number of nitrogens with zero attached hydrogens (tertiary/aromatic N) is 1. The minimum atomic E-state index is -1.77. The molecule has 0 aromatic heterocycles. The molecule has 0 saturated carbocycles. The molecular weight excluding hydrogens is 377 g/mol. The van der Waals surface area contributed by atoms with Crippen LogP contribution in [0.5, 0.6) is 0 Å². The second-order valence-corrected chi connectivity index (χ2v) is 13.6. The summed E-state index contributed by atoms with van der Waals surface area (Å²) in [4.78, 5) is 13.9. The number of amides is 1. The molecule has 0 spiro atoms. The number of morpholine rings is 1. The van der Waals surface area contributed by atoms with Crippen molar-refractivity contribution >= 4 is 43.1 Å². The highest BCUT2D eigenvalue weighted by Crippen LogP contribution is 2.36. The Labute approximate surface area is 161 Å². The van der Waals surface area contributed by atoms with Crippen LogP contribution in [0.1, 0.15) is 27.2 Å². The molecule has 1 fully saturated rings. The second kappa shape index (κ2) is 7.97. The fraction of sp³-hybridized carbons (Fsp3) is 0.611. The predicted molar refractivity (Wildman–Crippen MR) is 106 cm³/mol. The Morgan fingerprint density at radius 3 is 2.56 bits per heavy atom. The lowest BCUT2D eigenvalue weighted by Gasteiger charge is -2.37. The number of hydrogen-bond acceptors (Lipinski definition) is 3. The van der Waals surface area contributed by atoms with Crippen LogP contribution >= 0.6 is 23.2 Å². The average Bonchev–Trinajstić information content (AvgIpc) is 2.50. The van der Waals surface area contributed by atoms with Crippen molar-refractivity contribution < 1.29 is 14.0 Å². The van der Waals surface area contributed by atoms with E-state index in [0.717, 1.165) is 12.1 Å². The SMILES string of the molecule is CC(C)(C)[Si](C)(C)OCC[C@@H]1CN(c2ccc(Cl)c(Cl)c2)C(=O)CO1. The first-order valence-electron chi connectivity index (χ1n) is 8.52. The first-order valence-corrected chi connectivity index (χ1v) is 12.2. The Hall–Kier alpha value is -0.593. The third kappa shape index (κ3) is 5.20. The number of ether oxygens (including phenoxy) is 1. The maximum atomic E-state index is 12.2. The van der Waals surface area contributed by atoms with Gasteiger partial charge in [0.2, 0.25) is 0 Å². The Morgan fingerprint density at radius 2 is 1.96 bits per heavy atom. The molecule has 1 saturated heterocycles. The molecule has 1 atom stereocenters. The summed E-state index contributed by atoms with van der Waals surface area (Å²) >= 11 is 12.0. The lowest BCUT2D eigenvalue weighted by atomic mass is 10.2. The van der Waals surface area contributed by atoms with Gasteiger partial charge in [0, 0.05) is 12.3 Å². The van der Waals surface area contributed by atoms with Crippen LogP contribution < -0.4 is 4.90 Å². The van der Waals surface area contributed by atoms with E-state index >= 15 is 0 Å². The van der Waals surface area contributed by atoms with Crippen LogP contribution in [0, 0.1) is 0 Å². The fourth-order valence-electron chi connectivity index (χ4n) is 2.36. The highest BCUT2D eigenvalue weighted by Gasteiger charge is 2.37. The molecule has 0 N–H and O–H groups in total. The summed E-state index contributed by atoms with van der Waals surface area (Å²) < 4.78 is 11.9. The van der Waals surface area contributed by atoms with Crippen molar-refractivity contribution in [1.29, 1.82) is 0 Å². The highest BCUT2D eigenvalue weighted by atomic mass is 35.5. The van der Waals surface area contributed by atoms with E-state index in [-0.39, 0.29) is 23.7 Å². The van der Waals surface area contributed by atoms with E-state index in [1.54, 1.807) is 23.1 Å². The molecule has 1 aromatic carbocycles. The van der Waals surface area contributed by atoms with Crippen molar-refractivity contribution in [3.05, 3.63) is 28.2 Å². The standard InChI is InChI=1S/C18H27Cl2NO3Si/c1-18(2,3)25(4,5)24-9-8-14-11-21(17(22)12-23-14)13-6-7-15(19)16(20)10-13/h6-7,10,14H,8-9,11-12H2,1-5H3/t14-/m1/s1.